The molecule has 0 aromatic carbocycles. The van der Waals surface area contributed by atoms with E-state index >= 15 is 0 Å². The lowest BCUT2D eigenvalue weighted by Crippen LogP contribution is -1.71. The zero-order valence-corrected chi connectivity index (χ0v) is 5.67. The van der Waals surface area contributed by atoms with E-state index in [1.165, 1.54) is 19.3 Å². The van der Waals surface area contributed by atoms with Crippen LogP contribution in [-0.2, 0) is 0 Å². The molecule has 0 atom stereocenters. The minimum absolute atomic E-state index is 0.805. The van der Waals surface area contributed by atoms with Gasteiger partial charge in [0.1, 0.15) is 0 Å². The van der Waals surface area contributed by atoms with Crippen LogP contribution in [0.4, 0.5) is 0 Å². The summed E-state index contributed by atoms with van der Waals surface area (Å²) < 4.78 is 0. The molecule has 0 amide bonds. The molecule has 0 rings (SSSR count). The lowest BCUT2D eigenvalue weighted by atomic mass is 10.3. The van der Waals surface area contributed by atoms with Gasteiger partial charge in [-0.25, -0.2) is 0 Å². The van der Waals surface area contributed by atoms with Gasteiger partial charge in [-0.2, -0.15) is 0 Å². The Labute approximate surface area is 46.8 Å². The van der Waals surface area contributed by atoms with Crippen LogP contribution >= 0.6 is 8.37 Å². The molecule has 7 heavy (non-hydrogen) atoms. The molecule has 2 heteroatoms. The second kappa shape index (κ2) is 6.10. The Kier molecular flexibility index (Phi) is 6.19. The van der Waals surface area contributed by atoms with E-state index in [1.54, 1.807) is 0 Å². The van der Waals surface area contributed by atoms with Crippen molar-refractivity contribution in [2.75, 3.05) is 6.16 Å². The van der Waals surface area contributed by atoms with E-state index in [0.29, 0.717) is 0 Å². The maximum atomic E-state index is 6.75. The highest BCUT2D eigenvalue weighted by molar-refractivity contribution is 7.25. The van der Waals surface area contributed by atoms with Crippen molar-refractivity contribution in [3.63, 3.8) is 0 Å². The lowest BCUT2D eigenvalue weighted by Gasteiger charge is -1.86. The van der Waals surface area contributed by atoms with Gasteiger partial charge in [0.2, 0.25) is 0 Å². The van der Waals surface area contributed by atoms with E-state index < -0.39 is 0 Å². The fourth-order valence-electron chi connectivity index (χ4n) is 0.441. The van der Waals surface area contributed by atoms with Crippen molar-refractivity contribution in [2.45, 2.75) is 26.2 Å². The predicted octanol–water partition coefficient (Wildman–Crippen LogP) is 2.89. The SMILES string of the molecule is CCCCCP=N. The monoisotopic (exact) mass is 117 g/mol. The molecule has 42 valence electrons. The fourth-order valence-corrected chi connectivity index (χ4v) is 0.823. The van der Waals surface area contributed by atoms with Gasteiger partial charge >= 0.3 is 0 Å². The smallest absolute Gasteiger partial charge is 0.00661 e. The van der Waals surface area contributed by atoms with Crippen LogP contribution in [0.1, 0.15) is 26.2 Å². The van der Waals surface area contributed by atoms with Crippen LogP contribution < -0.4 is 0 Å². The number of hydrogen-bond acceptors (Lipinski definition) is 1. The second-order valence-corrected chi connectivity index (χ2v) is 2.35. The van der Waals surface area contributed by atoms with Crippen molar-refractivity contribution < 1.29 is 0 Å². The van der Waals surface area contributed by atoms with Crippen LogP contribution in [0.3, 0.4) is 0 Å². The van der Waals surface area contributed by atoms with Gasteiger partial charge in [-0.05, 0) is 14.8 Å². The minimum atomic E-state index is 0.805. The van der Waals surface area contributed by atoms with Crippen LogP contribution in [0.2, 0.25) is 0 Å². The molecule has 0 heterocycles. The van der Waals surface area contributed by atoms with Gasteiger partial charge in [0.25, 0.3) is 0 Å². The van der Waals surface area contributed by atoms with Crippen LogP contribution in [-0.4, -0.2) is 6.16 Å². The summed E-state index contributed by atoms with van der Waals surface area (Å²) in [6, 6.07) is 0. The largest absolute Gasteiger partial charge is 0.284 e. The first-order valence-electron chi connectivity index (χ1n) is 2.75. The van der Waals surface area contributed by atoms with Gasteiger partial charge in [-0.1, -0.05) is 19.8 Å². The quantitative estimate of drug-likeness (QED) is 0.432. The van der Waals surface area contributed by atoms with Crippen molar-refractivity contribution in [1.82, 2.24) is 0 Å². The highest BCUT2D eigenvalue weighted by Crippen LogP contribution is 2.00. The maximum Gasteiger partial charge on any atom is 0.00661 e. The summed E-state index contributed by atoms with van der Waals surface area (Å²) in [7, 11) is 0.805. The van der Waals surface area contributed by atoms with Gasteiger partial charge in [-0.15, -0.1) is 0 Å². The van der Waals surface area contributed by atoms with Crippen molar-refractivity contribution in [1.29, 1.82) is 5.16 Å². The summed E-state index contributed by atoms with van der Waals surface area (Å²) in [5, 5.41) is 6.75. The fraction of sp³-hybridized carbons (Fsp3) is 1.00. The van der Waals surface area contributed by atoms with Crippen LogP contribution in [0.15, 0.2) is 0 Å². The van der Waals surface area contributed by atoms with Crippen LogP contribution in [0, 0.1) is 5.16 Å². The molecule has 0 aliphatic carbocycles. The van der Waals surface area contributed by atoms with Crippen LogP contribution in [0.5, 0.6) is 0 Å². The molecular weight excluding hydrogens is 105 g/mol. The second-order valence-electron chi connectivity index (χ2n) is 1.59. The first kappa shape index (κ1) is 7.10. The number of hydrogen-bond donors (Lipinski definition) is 1. The normalized spacial score (nSPS) is 9.86. The summed E-state index contributed by atoms with van der Waals surface area (Å²) in [6.45, 7) is 2.18. The molecule has 0 saturated heterocycles. The van der Waals surface area contributed by atoms with Gasteiger partial charge < -0.3 is 0 Å². The molecule has 0 aliphatic rings. The molecular formula is C5H12NP. The molecule has 0 aromatic rings. The third kappa shape index (κ3) is 6.10. The molecule has 0 spiro atoms. The molecule has 0 aromatic heterocycles. The molecule has 1 N–H and O–H groups in total. The van der Waals surface area contributed by atoms with E-state index in [0.717, 1.165) is 14.5 Å². The summed E-state index contributed by atoms with van der Waals surface area (Å²) in [6.07, 6.45) is 4.87. The third-order valence-electron chi connectivity index (χ3n) is 0.873. The average Bonchev–Trinajstić information content (AvgIpc) is 1.69. The van der Waals surface area contributed by atoms with E-state index in [1.807, 2.05) is 0 Å². The highest BCUT2D eigenvalue weighted by Gasteiger charge is 1.79. The number of nitrogens with one attached hydrogen (secondary N) is 1. The Balaban J connectivity index is 2.56. The molecule has 0 fully saturated rings. The lowest BCUT2D eigenvalue weighted by molar-refractivity contribution is 0.777. The zero-order chi connectivity index (χ0) is 5.54. The third-order valence-corrected chi connectivity index (χ3v) is 1.41. The number of rotatable bonds is 4. The predicted molar refractivity (Wildman–Crippen MR) is 34.0 cm³/mol. The van der Waals surface area contributed by atoms with E-state index in [4.69, 9.17) is 5.16 Å². The van der Waals surface area contributed by atoms with E-state index in [2.05, 4.69) is 6.92 Å². The maximum absolute atomic E-state index is 6.75. The minimum Gasteiger partial charge on any atom is -0.284 e. The Morgan fingerprint density at radius 1 is 1.43 bits per heavy atom. The molecule has 0 bridgehead atoms. The molecule has 1 nitrogen and oxygen atoms in total. The Morgan fingerprint density at radius 3 is 2.57 bits per heavy atom. The van der Waals surface area contributed by atoms with Crippen molar-refractivity contribution >= 4 is 8.37 Å². The topological polar surface area (TPSA) is 23.9 Å². The highest BCUT2D eigenvalue weighted by atomic mass is 31.1. The van der Waals surface area contributed by atoms with Gasteiger partial charge in [0, 0.05) is 6.16 Å². The van der Waals surface area contributed by atoms with Crippen molar-refractivity contribution in [3.05, 3.63) is 0 Å². The molecule has 0 radical (unpaired) electrons. The van der Waals surface area contributed by atoms with Crippen molar-refractivity contribution in [2.24, 2.45) is 0 Å². The summed E-state index contributed by atoms with van der Waals surface area (Å²) in [5.41, 5.74) is 0. The summed E-state index contributed by atoms with van der Waals surface area (Å²) >= 11 is 0. The van der Waals surface area contributed by atoms with E-state index in [-0.39, 0.29) is 0 Å². The Hall–Kier alpha value is 0.100. The van der Waals surface area contributed by atoms with E-state index in [9.17, 15) is 0 Å². The summed E-state index contributed by atoms with van der Waals surface area (Å²) in [5.74, 6) is 0. The first-order chi connectivity index (χ1) is 3.41. The molecule has 0 unspecified atom stereocenters. The summed E-state index contributed by atoms with van der Waals surface area (Å²) in [4.78, 5) is 0. The standard InChI is InChI=1S/C5H12NP/c1-2-3-4-5-7-6/h6H,2-5H2,1H3. The van der Waals surface area contributed by atoms with Gasteiger partial charge in [0.05, 0.1) is 0 Å². The Bertz CT molecular complexity index is 45.3. The van der Waals surface area contributed by atoms with Crippen LogP contribution in [0.25, 0.3) is 0 Å². The van der Waals surface area contributed by atoms with Crippen molar-refractivity contribution in [3.8, 4) is 0 Å². The Morgan fingerprint density at radius 2 is 2.14 bits per heavy atom. The van der Waals surface area contributed by atoms with Gasteiger partial charge in [0.15, 0.2) is 0 Å². The zero-order valence-electron chi connectivity index (χ0n) is 4.78. The molecule has 0 saturated carbocycles. The average molecular weight is 117 g/mol. The first-order valence-corrected chi connectivity index (χ1v) is 3.83. The molecule has 0 aliphatic heterocycles. The number of unbranched alkanes of at least 4 members (excludes halogenated alkanes) is 2. The van der Waals surface area contributed by atoms with Gasteiger partial charge in [-0.3, -0.25) is 5.16 Å².